The molecule has 1 aromatic carbocycles. The largest absolute Gasteiger partial charge is 0.496 e. The van der Waals surface area contributed by atoms with Gasteiger partial charge in [-0.15, -0.1) is 0 Å². The van der Waals surface area contributed by atoms with E-state index in [0.29, 0.717) is 11.5 Å². The van der Waals surface area contributed by atoms with Crippen molar-refractivity contribution in [1.82, 2.24) is 0 Å². The molecule has 7 nitrogen and oxygen atoms in total. The summed E-state index contributed by atoms with van der Waals surface area (Å²) >= 11 is 0. The SMILES string of the molecule is COc1cc(O[C@H]2O[C@@H](CO)[C@@H](O)[C@H](O)[C@H]2O)ccc1C. The van der Waals surface area contributed by atoms with Crippen molar-refractivity contribution in [1.29, 1.82) is 0 Å². The highest BCUT2D eigenvalue weighted by Crippen LogP contribution is 2.28. The molecule has 0 spiro atoms. The molecule has 4 N–H and O–H groups in total. The molecule has 21 heavy (non-hydrogen) atoms. The Hall–Kier alpha value is -1.38. The molecule has 1 aliphatic heterocycles. The summed E-state index contributed by atoms with van der Waals surface area (Å²) in [6, 6.07) is 5.06. The van der Waals surface area contributed by atoms with Gasteiger partial charge >= 0.3 is 0 Å². The van der Waals surface area contributed by atoms with Crippen molar-refractivity contribution in [2.75, 3.05) is 13.7 Å². The van der Waals surface area contributed by atoms with Crippen LogP contribution in [0.15, 0.2) is 18.2 Å². The van der Waals surface area contributed by atoms with Gasteiger partial charge in [-0.1, -0.05) is 6.07 Å². The summed E-state index contributed by atoms with van der Waals surface area (Å²) in [4.78, 5) is 0. The normalized spacial score (nSPS) is 32.8. The van der Waals surface area contributed by atoms with E-state index in [-0.39, 0.29) is 0 Å². The second-order valence-electron chi connectivity index (χ2n) is 4.95. The summed E-state index contributed by atoms with van der Waals surface area (Å²) in [6.07, 6.45) is -6.51. The van der Waals surface area contributed by atoms with E-state index in [4.69, 9.17) is 19.3 Å². The second kappa shape index (κ2) is 6.59. The van der Waals surface area contributed by atoms with Gasteiger partial charge in [-0.05, 0) is 18.6 Å². The molecule has 0 bridgehead atoms. The zero-order valence-electron chi connectivity index (χ0n) is 11.8. The summed E-state index contributed by atoms with van der Waals surface area (Å²) in [6.45, 7) is 1.37. The van der Waals surface area contributed by atoms with Gasteiger partial charge in [0.15, 0.2) is 0 Å². The minimum Gasteiger partial charge on any atom is -0.496 e. The van der Waals surface area contributed by atoms with Gasteiger partial charge in [-0.25, -0.2) is 0 Å². The fraction of sp³-hybridized carbons (Fsp3) is 0.571. The maximum atomic E-state index is 9.89. The van der Waals surface area contributed by atoms with E-state index in [2.05, 4.69) is 0 Å². The van der Waals surface area contributed by atoms with Crippen LogP contribution in [-0.2, 0) is 4.74 Å². The van der Waals surface area contributed by atoms with Gasteiger partial charge in [-0.2, -0.15) is 0 Å². The van der Waals surface area contributed by atoms with Crippen LogP contribution in [0, 0.1) is 6.92 Å². The molecule has 0 aliphatic carbocycles. The lowest BCUT2D eigenvalue weighted by molar-refractivity contribution is -0.277. The molecule has 0 aromatic heterocycles. The van der Waals surface area contributed by atoms with Crippen LogP contribution in [-0.4, -0.2) is 64.8 Å². The van der Waals surface area contributed by atoms with Gasteiger partial charge in [-0.3, -0.25) is 0 Å². The molecule has 0 unspecified atom stereocenters. The Morgan fingerprint density at radius 3 is 2.48 bits per heavy atom. The lowest BCUT2D eigenvalue weighted by Crippen LogP contribution is -2.60. The highest BCUT2D eigenvalue weighted by Gasteiger charge is 2.44. The molecular weight excluding hydrogens is 280 g/mol. The van der Waals surface area contributed by atoms with Gasteiger partial charge < -0.3 is 34.6 Å². The lowest BCUT2D eigenvalue weighted by Gasteiger charge is -2.39. The Bertz CT molecular complexity index is 476. The first-order valence-electron chi connectivity index (χ1n) is 6.59. The number of hydrogen-bond acceptors (Lipinski definition) is 7. The van der Waals surface area contributed by atoms with Crippen LogP contribution in [0.4, 0.5) is 0 Å². The molecule has 1 aromatic rings. The quantitative estimate of drug-likeness (QED) is 0.575. The number of aryl methyl sites for hydroxylation is 1. The van der Waals surface area contributed by atoms with Crippen LogP contribution in [0.2, 0.25) is 0 Å². The first-order chi connectivity index (χ1) is 9.97. The third-order valence-electron chi connectivity index (χ3n) is 3.48. The maximum absolute atomic E-state index is 9.89. The van der Waals surface area contributed by atoms with Crippen molar-refractivity contribution < 1.29 is 34.6 Å². The predicted molar refractivity (Wildman–Crippen MR) is 72.1 cm³/mol. The number of methoxy groups -OCH3 is 1. The van der Waals surface area contributed by atoms with E-state index in [0.717, 1.165) is 5.56 Å². The van der Waals surface area contributed by atoms with Crippen molar-refractivity contribution in [2.45, 2.75) is 37.6 Å². The Morgan fingerprint density at radius 2 is 1.86 bits per heavy atom. The zero-order chi connectivity index (χ0) is 15.6. The standard InChI is InChI=1S/C14H20O7/c1-7-3-4-8(5-9(7)19-2)20-14-13(18)12(17)11(16)10(6-15)21-14/h3-5,10-18H,6H2,1-2H3/t10-,11+,12-,13+,14-/m0/s1. The van der Waals surface area contributed by atoms with E-state index in [1.165, 1.54) is 7.11 Å². The van der Waals surface area contributed by atoms with Crippen LogP contribution in [0.25, 0.3) is 0 Å². The smallest absolute Gasteiger partial charge is 0.229 e. The van der Waals surface area contributed by atoms with E-state index < -0.39 is 37.3 Å². The average molecular weight is 300 g/mol. The molecule has 118 valence electrons. The number of benzene rings is 1. The molecule has 0 amide bonds. The Morgan fingerprint density at radius 1 is 1.14 bits per heavy atom. The van der Waals surface area contributed by atoms with Crippen LogP contribution in [0.5, 0.6) is 11.5 Å². The third-order valence-corrected chi connectivity index (χ3v) is 3.48. The van der Waals surface area contributed by atoms with Crippen molar-refractivity contribution in [3.63, 3.8) is 0 Å². The summed E-state index contributed by atoms with van der Waals surface area (Å²) in [5, 5.41) is 38.4. The molecular formula is C14H20O7. The average Bonchev–Trinajstić information content (AvgIpc) is 2.49. The molecule has 5 atom stereocenters. The second-order valence-corrected chi connectivity index (χ2v) is 4.95. The highest BCUT2D eigenvalue weighted by molar-refractivity contribution is 5.39. The molecule has 1 aliphatic rings. The van der Waals surface area contributed by atoms with E-state index in [1.54, 1.807) is 18.2 Å². The first-order valence-corrected chi connectivity index (χ1v) is 6.59. The lowest BCUT2D eigenvalue weighted by atomic mass is 9.99. The third kappa shape index (κ3) is 3.28. The van der Waals surface area contributed by atoms with Crippen molar-refractivity contribution in [3.8, 4) is 11.5 Å². The first kappa shape index (κ1) is 16.0. The van der Waals surface area contributed by atoms with Crippen LogP contribution in [0.3, 0.4) is 0 Å². The van der Waals surface area contributed by atoms with Gasteiger partial charge in [0, 0.05) is 6.07 Å². The highest BCUT2D eigenvalue weighted by atomic mass is 16.7. The molecule has 2 rings (SSSR count). The Labute approximate surface area is 122 Å². The summed E-state index contributed by atoms with van der Waals surface area (Å²) in [7, 11) is 1.53. The van der Waals surface area contributed by atoms with E-state index in [1.807, 2.05) is 6.92 Å². The van der Waals surface area contributed by atoms with Crippen molar-refractivity contribution in [3.05, 3.63) is 23.8 Å². The minimum absolute atomic E-state index is 0.377. The molecule has 1 heterocycles. The number of ether oxygens (including phenoxy) is 3. The molecule has 1 fully saturated rings. The van der Waals surface area contributed by atoms with Crippen molar-refractivity contribution in [2.24, 2.45) is 0 Å². The summed E-state index contributed by atoms with van der Waals surface area (Å²) < 4.78 is 15.9. The maximum Gasteiger partial charge on any atom is 0.229 e. The number of aliphatic hydroxyl groups is 4. The van der Waals surface area contributed by atoms with E-state index in [9.17, 15) is 15.3 Å². The van der Waals surface area contributed by atoms with Gasteiger partial charge in [0.2, 0.25) is 6.29 Å². The summed E-state index contributed by atoms with van der Waals surface area (Å²) in [5.41, 5.74) is 0.915. The minimum atomic E-state index is -1.46. The van der Waals surface area contributed by atoms with Gasteiger partial charge in [0.1, 0.15) is 35.9 Å². The van der Waals surface area contributed by atoms with Crippen LogP contribution >= 0.6 is 0 Å². The number of rotatable bonds is 4. The topological polar surface area (TPSA) is 109 Å². The Kier molecular flexibility index (Phi) is 5.02. The Balaban J connectivity index is 2.14. The zero-order valence-corrected chi connectivity index (χ0v) is 11.8. The van der Waals surface area contributed by atoms with Crippen LogP contribution < -0.4 is 9.47 Å². The van der Waals surface area contributed by atoms with Gasteiger partial charge in [0.25, 0.3) is 0 Å². The van der Waals surface area contributed by atoms with Crippen LogP contribution in [0.1, 0.15) is 5.56 Å². The summed E-state index contributed by atoms with van der Waals surface area (Å²) in [5.74, 6) is 0.985. The molecule has 7 heteroatoms. The number of hydrogen-bond donors (Lipinski definition) is 4. The molecule has 1 saturated heterocycles. The predicted octanol–water partition coefficient (Wildman–Crippen LogP) is -0.818. The molecule has 0 saturated carbocycles. The van der Waals surface area contributed by atoms with Crippen molar-refractivity contribution >= 4 is 0 Å². The fourth-order valence-corrected chi connectivity index (χ4v) is 2.17. The fourth-order valence-electron chi connectivity index (χ4n) is 2.17. The van der Waals surface area contributed by atoms with E-state index >= 15 is 0 Å². The molecule has 0 radical (unpaired) electrons. The number of aliphatic hydroxyl groups excluding tert-OH is 4. The van der Waals surface area contributed by atoms with Gasteiger partial charge in [0.05, 0.1) is 13.7 Å². The monoisotopic (exact) mass is 300 g/mol.